The van der Waals surface area contributed by atoms with E-state index in [1.54, 1.807) is 0 Å². The number of anilines is 1. The molecule has 0 amide bonds. The van der Waals surface area contributed by atoms with Gasteiger partial charge in [0.1, 0.15) is 11.4 Å². The number of hydrogen-bond donors (Lipinski definition) is 4. The number of pyridine rings is 1. The van der Waals surface area contributed by atoms with E-state index in [1.807, 2.05) is 6.07 Å². The summed E-state index contributed by atoms with van der Waals surface area (Å²) in [4.78, 5) is 36.1. The van der Waals surface area contributed by atoms with Crippen LogP contribution in [0.15, 0.2) is 6.07 Å². The van der Waals surface area contributed by atoms with E-state index in [0.29, 0.717) is 17.3 Å². The lowest BCUT2D eigenvalue weighted by atomic mass is 10.1. The van der Waals surface area contributed by atoms with Gasteiger partial charge in [-0.25, -0.2) is 19.4 Å². The molecule has 0 radical (unpaired) electrons. The molecule has 0 spiro atoms. The van der Waals surface area contributed by atoms with Gasteiger partial charge in [0.2, 0.25) is 0 Å². The molecule has 34 heavy (non-hydrogen) atoms. The number of carboxylic acids is 3. The molecular weight excluding hydrogens is 480 g/mol. The zero-order valence-corrected chi connectivity index (χ0v) is 17.8. The maximum Gasteiger partial charge on any atom is 0.490 e. The van der Waals surface area contributed by atoms with Gasteiger partial charge >= 0.3 is 30.3 Å². The van der Waals surface area contributed by atoms with Crippen LogP contribution in [0, 0.1) is 5.92 Å². The number of halogens is 6. The highest BCUT2D eigenvalue weighted by Crippen LogP contribution is 2.29. The number of nitrogens with one attached hydrogen (secondary N) is 1. The second kappa shape index (κ2) is 11.9. The molecule has 2 aliphatic rings. The van der Waals surface area contributed by atoms with Gasteiger partial charge in [-0.15, -0.1) is 0 Å². The van der Waals surface area contributed by atoms with E-state index in [2.05, 4.69) is 22.2 Å². The van der Waals surface area contributed by atoms with Crippen LogP contribution in [0.5, 0.6) is 0 Å². The topological polar surface area (TPSA) is 140 Å². The van der Waals surface area contributed by atoms with Crippen LogP contribution in [0.1, 0.15) is 34.5 Å². The monoisotopic (exact) mass is 503 g/mol. The molecule has 2 heterocycles. The maximum atomic E-state index is 11.4. The zero-order valence-electron chi connectivity index (χ0n) is 17.8. The first-order valence-electron chi connectivity index (χ1n) is 9.81. The molecule has 192 valence electrons. The Bertz CT molecular complexity index is 863. The fourth-order valence-corrected chi connectivity index (χ4v) is 2.61. The summed E-state index contributed by atoms with van der Waals surface area (Å²) >= 11 is 0. The van der Waals surface area contributed by atoms with Crippen molar-refractivity contribution in [2.24, 2.45) is 5.92 Å². The Morgan fingerprint density at radius 1 is 1.00 bits per heavy atom. The minimum absolute atomic E-state index is 0.314. The highest BCUT2D eigenvalue weighted by Gasteiger charge is 2.38. The number of nitrogens with zero attached hydrogens (tertiary/aromatic N) is 2. The van der Waals surface area contributed by atoms with E-state index in [9.17, 15) is 36.2 Å². The summed E-state index contributed by atoms with van der Waals surface area (Å²) in [5.74, 6) is -5.16. The third kappa shape index (κ3) is 10.2. The Balaban J connectivity index is 0.000000343. The third-order valence-corrected chi connectivity index (χ3v) is 4.65. The van der Waals surface area contributed by atoms with Gasteiger partial charge in [0.05, 0.1) is 0 Å². The van der Waals surface area contributed by atoms with E-state index in [0.717, 1.165) is 43.7 Å². The SMILES string of the molecule is CN1CCc2cc(C(=O)O)c(NCC3CC3)nc2CC1.O=C(O)C(F)(F)F.O=C(O)C(F)(F)F. The highest BCUT2D eigenvalue weighted by molar-refractivity contribution is 5.93. The van der Waals surface area contributed by atoms with Crippen molar-refractivity contribution in [2.45, 2.75) is 38.0 Å². The Hall–Kier alpha value is -3.10. The molecular formula is C19H23F6N3O6. The van der Waals surface area contributed by atoms with Crippen LogP contribution in [-0.2, 0) is 22.4 Å². The van der Waals surface area contributed by atoms with E-state index in [4.69, 9.17) is 19.8 Å². The second-order valence-corrected chi connectivity index (χ2v) is 7.53. The van der Waals surface area contributed by atoms with Gasteiger partial charge in [0.15, 0.2) is 0 Å². The lowest BCUT2D eigenvalue weighted by Crippen LogP contribution is -2.21. The number of carbonyl (C=O) groups is 3. The molecule has 0 aromatic carbocycles. The van der Waals surface area contributed by atoms with Gasteiger partial charge in [-0.1, -0.05) is 0 Å². The van der Waals surface area contributed by atoms with Crippen molar-refractivity contribution >= 4 is 23.7 Å². The molecule has 1 aliphatic heterocycles. The van der Waals surface area contributed by atoms with Crippen LogP contribution in [0.3, 0.4) is 0 Å². The van der Waals surface area contributed by atoms with Gasteiger partial charge in [-0.05, 0) is 43.9 Å². The molecule has 15 heteroatoms. The summed E-state index contributed by atoms with van der Waals surface area (Å²) in [6.07, 6.45) is -5.91. The summed E-state index contributed by atoms with van der Waals surface area (Å²) in [7, 11) is 2.09. The van der Waals surface area contributed by atoms with Gasteiger partial charge in [-0.2, -0.15) is 26.3 Å². The molecule has 0 unspecified atom stereocenters. The third-order valence-electron chi connectivity index (χ3n) is 4.65. The van der Waals surface area contributed by atoms with Gasteiger partial charge in [0, 0.05) is 31.7 Å². The molecule has 9 nitrogen and oxygen atoms in total. The minimum Gasteiger partial charge on any atom is -0.478 e. The van der Waals surface area contributed by atoms with Crippen LogP contribution >= 0.6 is 0 Å². The lowest BCUT2D eigenvalue weighted by Gasteiger charge is -2.12. The number of rotatable bonds is 4. The summed E-state index contributed by atoms with van der Waals surface area (Å²) in [6, 6.07) is 1.82. The van der Waals surface area contributed by atoms with Crippen molar-refractivity contribution in [2.75, 3.05) is 32.0 Å². The van der Waals surface area contributed by atoms with Crippen LogP contribution < -0.4 is 5.32 Å². The number of fused-ring (bicyclic) bond motifs is 1. The Morgan fingerprint density at radius 3 is 1.88 bits per heavy atom. The van der Waals surface area contributed by atoms with Crippen LogP contribution in [-0.4, -0.2) is 82.1 Å². The summed E-state index contributed by atoms with van der Waals surface area (Å²) < 4.78 is 63.5. The molecule has 3 rings (SSSR count). The van der Waals surface area contributed by atoms with Crippen molar-refractivity contribution < 1.29 is 56.0 Å². The first-order chi connectivity index (χ1) is 15.5. The highest BCUT2D eigenvalue weighted by atomic mass is 19.4. The standard InChI is InChI=1S/C15H21N3O2.2C2HF3O2/c1-18-6-4-11-8-12(15(19)20)14(16-9-10-2-3-10)17-13(11)5-7-18;2*3-2(4,5)1(6)7/h8,10H,2-7,9H2,1H3,(H,16,17)(H,19,20);2*(H,6,7). The fourth-order valence-electron chi connectivity index (χ4n) is 2.61. The summed E-state index contributed by atoms with van der Waals surface area (Å²) in [5, 5.41) is 26.9. The number of aliphatic carboxylic acids is 2. The molecule has 0 saturated heterocycles. The molecule has 0 atom stereocenters. The number of carboxylic acid groups (broad SMARTS) is 3. The first kappa shape index (κ1) is 28.9. The average Bonchev–Trinajstić information content (AvgIpc) is 3.53. The van der Waals surface area contributed by atoms with E-state index < -0.39 is 30.3 Å². The van der Waals surface area contributed by atoms with Crippen molar-refractivity contribution in [3.8, 4) is 0 Å². The molecule has 1 fully saturated rings. The predicted octanol–water partition coefficient (Wildman–Crippen LogP) is 2.90. The predicted molar refractivity (Wildman–Crippen MR) is 105 cm³/mol. The van der Waals surface area contributed by atoms with E-state index in [-0.39, 0.29) is 0 Å². The van der Waals surface area contributed by atoms with Gasteiger partial charge in [-0.3, -0.25) is 0 Å². The quantitative estimate of drug-likeness (QED) is 0.457. The molecule has 1 saturated carbocycles. The molecule has 1 aromatic heterocycles. The van der Waals surface area contributed by atoms with Gasteiger partial charge in [0.25, 0.3) is 0 Å². The number of hydrogen-bond acceptors (Lipinski definition) is 6. The molecule has 0 bridgehead atoms. The summed E-state index contributed by atoms with van der Waals surface area (Å²) in [5.41, 5.74) is 2.45. The molecule has 1 aromatic rings. The second-order valence-electron chi connectivity index (χ2n) is 7.53. The van der Waals surface area contributed by atoms with Crippen molar-refractivity contribution in [3.63, 3.8) is 0 Å². The summed E-state index contributed by atoms with van der Waals surface area (Å²) in [6.45, 7) is 2.78. The largest absolute Gasteiger partial charge is 0.490 e. The molecule has 1 aliphatic carbocycles. The van der Waals surface area contributed by atoms with Crippen molar-refractivity contribution in [3.05, 3.63) is 22.9 Å². The minimum atomic E-state index is -5.08. The van der Waals surface area contributed by atoms with E-state index in [1.165, 1.54) is 12.8 Å². The smallest absolute Gasteiger partial charge is 0.478 e. The van der Waals surface area contributed by atoms with Crippen LogP contribution in [0.2, 0.25) is 0 Å². The van der Waals surface area contributed by atoms with Crippen LogP contribution in [0.25, 0.3) is 0 Å². The Labute approximate surface area is 189 Å². The van der Waals surface area contributed by atoms with Gasteiger partial charge < -0.3 is 25.5 Å². The van der Waals surface area contributed by atoms with E-state index >= 15 is 0 Å². The zero-order chi connectivity index (χ0) is 26.3. The maximum absolute atomic E-state index is 11.4. The lowest BCUT2D eigenvalue weighted by molar-refractivity contribution is -0.193. The van der Waals surface area contributed by atoms with Crippen LogP contribution in [0.4, 0.5) is 32.2 Å². The first-order valence-corrected chi connectivity index (χ1v) is 9.81. The number of alkyl halides is 6. The number of aromatic nitrogens is 1. The Morgan fingerprint density at radius 2 is 1.47 bits per heavy atom. The average molecular weight is 503 g/mol. The van der Waals surface area contributed by atoms with Crippen molar-refractivity contribution in [1.29, 1.82) is 0 Å². The molecule has 4 N–H and O–H groups in total. The fraction of sp³-hybridized carbons (Fsp3) is 0.579. The number of likely N-dealkylation sites (N-methyl/N-ethyl adjacent to an activating group) is 1. The number of aromatic carboxylic acids is 1. The van der Waals surface area contributed by atoms with Crippen molar-refractivity contribution in [1.82, 2.24) is 9.88 Å². The Kier molecular flexibility index (Phi) is 10.1. The normalized spacial score (nSPS) is 16.0.